The number of ether oxygens (including phenoxy) is 1. The Kier molecular flexibility index (Phi) is 4.88. The number of hydrogen-bond acceptors (Lipinski definition) is 5. The van der Waals surface area contributed by atoms with Crippen LogP contribution in [0.3, 0.4) is 0 Å². The van der Waals surface area contributed by atoms with Gasteiger partial charge in [-0.05, 0) is 24.8 Å². The molecule has 1 aliphatic heterocycles. The Balaban J connectivity index is 1.66. The number of hydrogen-bond donors (Lipinski definition) is 1. The van der Waals surface area contributed by atoms with Crippen molar-refractivity contribution in [3.63, 3.8) is 0 Å². The number of rotatable bonds is 4. The van der Waals surface area contributed by atoms with Crippen molar-refractivity contribution in [1.29, 1.82) is 0 Å². The van der Waals surface area contributed by atoms with Crippen LogP contribution in [0.2, 0.25) is 0 Å². The van der Waals surface area contributed by atoms with Crippen LogP contribution in [0.25, 0.3) is 10.8 Å². The third kappa shape index (κ3) is 3.44. The van der Waals surface area contributed by atoms with E-state index in [4.69, 9.17) is 4.74 Å². The standard InChI is InChI=1S/C19H24N4O3/c24-17(13-14-5-1-2-6-14)20-23-19(25)16-8-4-3-7-15(16)18(21-23)22-9-11-26-12-10-22/h3-4,7-8,14H,1-2,5-6,9-13H2,(H,20,24). The minimum atomic E-state index is -0.294. The van der Waals surface area contributed by atoms with Crippen molar-refractivity contribution in [3.05, 3.63) is 34.6 Å². The first-order chi connectivity index (χ1) is 12.7. The molecule has 26 heavy (non-hydrogen) atoms. The van der Waals surface area contributed by atoms with Gasteiger partial charge in [-0.15, -0.1) is 9.89 Å². The molecule has 1 saturated heterocycles. The number of morpholine rings is 1. The summed E-state index contributed by atoms with van der Waals surface area (Å²) in [5, 5.41) is 5.85. The molecule has 0 bridgehead atoms. The third-order valence-electron chi connectivity index (χ3n) is 5.28. The fourth-order valence-corrected chi connectivity index (χ4v) is 3.90. The van der Waals surface area contributed by atoms with E-state index < -0.39 is 0 Å². The molecule has 1 amide bonds. The molecule has 0 spiro atoms. The largest absolute Gasteiger partial charge is 0.378 e. The number of aromatic nitrogens is 2. The molecule has 4 rings (SSSR count). The molecule has 2 fully saturated rings. The molecule has 7 heteroatoms. The van der Waals surface area contributed by atoms with Gasteiger partial charge in [-0.3, -0.25) is 9.59 Å². The Morgan fingerprint density at radius 1 is 1.15 bits per heavy atom. The van der Waals surface area contributed by atoms with E-state index in [-0.39, 0.29) is 11.5 Å². The van der Waals surface area contributed by atoms with Gasteiger partial charge in [0.1, 0.15) is 0 Å². The molecule has 1 N–H and O–H groups in total. The molecule has 0 unspecified atom stereocenters. The number of nitrogens with zero attached hydrogens (tertiary/aromatic N) is 3. The summed E-state index contributed by atoms with van der Waals surface area (Å²) in [7, 11) is 0. The molecule has 138 valence electrons. The second-order valence-electron chi connectivity index (χ2n) is 7.08. The Bertz CT molecular complexity index is 851. The predicted molar refractivity (Wildman–Crippen MR) is 100.0 cm³/mol. The van der Waals surface area contributed by atoms with E-state index in [1.165, 1.54) is 12.8 Å². The fourth-order valence-electron chi connectivity index (χ4n) is 3.90. The minimum Gasteiger partial charge on any atom is -0.378 e. The molecule has 7 nitrogen and oxygen atoms in total. The minimum absolute atomic E-state index is 0.144. The summed E-state index contributed by atoms with van der Waals surface area (Å²) in [5.41, 5.74) is 2.41. The van der Waals surface area contributed by atoms with Gasteiger partial charge in [0, 0.05) is 24.9 Å². The SMILES string of the molecule is O=C(CC1CCCC1)Nn1nc(N2CCOCC2)c2ccccc2c1=O. The second kappa shape index (κ2) is 7.45. The van der Waals surface area contributed by atoms with Crippen LogP contribution < -0.4 is 15.9 Å². The second-order valence-corrected chi connectivity index (χ2v) is 7.08. The van der Waals surface area contributed by atoms with Crippen molar-refractivity contribution in [2.45, 2.75) is 32.1 Å². The van der Waals surface area contributed by atoms with Gasteiger partial charge in [0.05, 0.1) is 18.6 Å². The Morgan fingerprint density at radius 2 is 1.85 bits per heavy atom. The van der Waals surface area contributed by atoms with Crippen LogP contribution in [-0.2, 0) is 9.53 Å². The molecule has 1 saturated carbocycles. The number of amides is 1. The van der Waals surface area contributed by atoms with Crippen molar-refractivity contribution in [3.8, 4) is 0 Å². The van der Waals surface area contributed by atoms with E-state index in [0.29, 0.717) is 49.8 Å². The highest BCUT2D eigenvalue weighted by Crippen LogP contribution is 2.27. The molecule has 0 atom stereocenters. The van der Waals surface area contributed by atoms with E-state index in [0.717, 1.165) is 23.0 Å². The van der Waals surface area contributed by atoms with E-state index in [1.807, 2.05) is 18.2 Å². The third-order valence-corrected chi connectivity index (χ3v) is 5.28. The summed E-state index contributed by atoms with van der Waals surface area (Å²) in [6, 6.07) is 7.41. The lowest BCUT2D eigenvalue weighted by molar-refractivity contribution is -0.118. The Hall–Kier alpha value is -2.41. The highest BCUT2D eigenvalue weighted by atomic mass is 16.5. The van der Waals surface area contributed by atoms with E-state index in [1.54, 1.807) is 6.07 Å². The summed E-state index contributed by atoms with van der Waals surface area (Å²) >= 11 is 0. The van der Waals surface area contributed by atoms with Gasteiger partial charge in [-0.1, -0.05) is 31.0 Å². The van der Waals surface area contributed by atoms with Crippen molar-refractivity contribution in [2.75, 3.05) is 36.6 Å². The maximum Gasteiger partial charge on any atom is 0.294 e. The van der Waals surface area contributed by atoms with Gasteiger partial charge < -0.3 is 9.64 Å². The first kappa shape index (κ1) is 17.0. The topological polar surface area (TPSA) is 76.5 Å². The van der Waals surface area contributed by atoms with Crippen LogP contribution in [0.15, 0.2) is 29.1 Å². The molecule has 0 radical (unpaired) electrons. The zero-order chi connectivity index (χ0) is 17.9. The normalized spacial score (nSPS) is 18.4. The van der Waals surface area contributed by atoms with Crippen LogP contribution >= 0.6 is 0 Å². The average molecular weight is 356 g/mol. The van der Waals surface area contributed by atoms with Crippen LogP contribution in [0.4, 0.5) is 5.82 Å². The van der Waals surface area contributed by atoms with Crippen LogP contribution in [0, 0.1) is 5.92 Å². The molecule has 2 heterocycles. The number of anilines is 1. The number of carbonyl (C=O) groups excluding carboxylic acids is 1. The van der Waals surface area contributed by atoms with Crippen LogP contribution in [-0.4, -0.2) is 42.1 Å². The van der Waals surface area contributed by atoms with Crippen LogP contribution in [0.5, 0.6) is 0 Å². The fraction of sp³-hybridized carbons (Fsp3) is 0.526. The summed E-state index contributed by atoms with van der Waals surface area (Å²) in [4.78, 5) is 28.4. The molecule has 1 aromatic carbocycles. The van der Waals surface area contributed by atoms with E-state index in [9.17, 15) is 9.59 Å². The van der Waals surface area contributed by atoms with E-state index >= 15 is 0 Å². The number of carbonyl (C=O) groups is 1. The molecule has 1 aromatic heterocycles. The summed E-state index contributed by atoms with van der Waals surface area (Å²) < 4.78 is 5.42. The highest BCUT2D eigenvalue weighted by Gasteiger charge is 2.21. The first-order valence-corrected chi connectivity index (χ1v) is 9.37. The maximum atomic E-state index is 12.8. The van der Waals surface area contributed by atoms with Crippen molar-refractivity contribution in [2.24, 2.45) is 5.92 Å². The number of benzene rings is 1. The average Bonchev–Trinajstić information content (AvgIpc) is 3.18. The maximum absolute atomic E-state index is 12.8. The zero-order valence-corrected chi connectivity index (χ0v) is 14.8. The lowest BCUT2D eigenvalue weighted by Gasteiger charge is -2.29. The number of fused-ring (bicyclic) bond motifs is 1. The zero-order valence-electron chi connectivity index (χ0n) is 14.8. The Morgan fingerprint density at radius 3 is 2.58 bits per heavy atom. The van der Waals surface area contributed by atoms with Gasteiger partial charge >= 0.3 is 0 Å². The first-order valence-electron chi connectivity index (χ1n) is 9.37. The highest BCUT2D eigenvalue weighted by molar-refractivity contribution is 5.92. The smallest absolute Gasteiger partial charge is 0.294 e. The van der Waals surface area contributed by atoms with E-state index in [2.05, 4.69) is 15.4 Å². The lowest BCUT2D eigenvalue weighted by atomic mass is 10.0. The summed E-state index contributed by atoms with van der Waals surface area (Å²) in [6.45, 7) is 2.68. The van der Waals surface area contributed by atoms with Gasteiger partial charge in [-0.2, -0.15) is 0 Å². The number of nitrogens with one attached hydrogen (secondary N) is 1. The quantitative estimate of drug-likeness (QED) is 0.905. The summed E-state index contributed by atoms with van der Waals surface area (Å²) in [5.74, 6) is 0.990. The lowest BCUT2D eigenvalue weighted by Crippen LogP contribution is -2.41. The van der Waals surface area contributed by atoms with Gasteiger partial charge in [0.15, 0.2) is 5.82 Å². The van der Waals surface area contributed by atoms with Gasteiger partial charge in [0.25, 0.3) is 5.56 Å². The molecule has 2 aromatic rings. The van der Waals surface area contributed by atoms with Gasteiger partial charge in [0.2, 0.25) is 5.91 Å². The molecular weight excluding hydrogens is 332 g/mol. The monoisotopic (exact) mass is 356 g/mol. The van der Waals surface area contributed by atoms with Crippen molar-refractivity contribution >= 4 is 22.5 Å². The molecular formula is C19H24N4O3. The van der Waals surface area contributed by atoms with Crippen LogP contribution in [0.1, 0.15) is 32.1 Å². The molecule has 2 aliphatic rings. The van der Waals surface area contributed by atoms with Crippen molar-refractivity contribution in [1.82, 2.24) is 9.89 Å². The summed E-state index contributed by atoms with van der Waals surface area (Å²) in [6.07, 6.45) is 5.01. The molecule has 1 aliphatic carbocycles. The Labute approximate surface area is 151 Å². The van der Waals surface area contributed by atoms with Gasteiger partial charge in [-0.25, -0.2) is 5.43 Å². The van der Waals surface area contributed by atoms with Crippen molar-refractivity contribution < 1.29 is 9.53 Å². The predicted octanol–water partition coefficient (Wildman–Crippen LogP) is 1.88.